The van der Waals surface area contributed by atoms with Gasteiger partial charge in [0.05, 0.1) is 0 Å². The number of benzene rings is 1. The lowest BCUT2D eigenvalue weighted by Crippen LogP contribution is -2.42. The minimum Gasteiger partial charge on any atom is -0.489 e. The molecule has 0 aliphatic carbocycles. The number of aryl methyl sites for hydroxylation is 2. The minimum atomic E-state index is 0.112. The summed E-state index contributed by atoms with van der Waals surface area (Å²) < 4.78 is 6.15. The second kappa shape index (κ2) is 6.62. The van der Waals surface area contributed by atoms with Crippen LogP contribution in [-0.2, 0) is 0 Å². The quantitative estimate of drug-likeness (QED) is 0.859. The van der Waals surface area contributed by atoms with Crippen LogP contribution in [-0.4, -0.2) is 18.2 Å². The van der Waals surface area contributed by atoms with E-state index in [-0.39, 0.29) is 11.6 Å². The second-order valence-corrected chi connectivity index (χ2v) is 6.58. The maximum absolute atomic E-state index is 6.15. The Morgan fingerprint density at radius 3 is 2.16 bits per heavy atom. The van der Waals surface area contributed by atoms with E-state index in [9.17, 15) is 0 Å². The number of ether oxygens (including phenoxy) is 1. The maximum Gasteiger partial charge on any atom is 0.125 e. The Labute approximate surface area is 122 Å². The summed E-state index contributed by atoms with van der Waals surface area (Å²) >= 11 is 6.05. The third-order valence-electron chi connectivity index (χ3n) is 3.03. The zero-order valence-electron chi connectivity index (χ0n) is 12.9. The van der Waals surface area contributed by atoms with Gasteiger partial charge in [-0.25, -0.2) is 0 Å². The zero-order chi connectivity index (χ0) is 14.6. The van der Waals surface area contributed by atoms with Gasteiger partial charge in [-0.3, -0.25) is 0 Å². The summed E-state index contributed by atoms with van der Waals surface area (Å²) in [4.78, 5) is 0. The summed E-state index contributed by atoms with van der Waals surface area (Å²) in [5, 5.41) is 4.26. The van der Waals surface area contributed by atoms with Gasteiger partial charge in [0.15, 0.2) is 0 Å². The van der Waals surface area contributed by atoms with Crippen LogP contribution in [0.15, 0.2) is 12.1 Å². The van der Waals surface area contributed by atoms with Gasteiger partial charge in [0.25, 0.3) is 0 Å². The molecular weight excluding hydrogens is 258 g/mol. The Kier molecular flexibility index (Phi) is 5.69. The van der Waals surface area contributed by atoms with E-state index in [1.807, 2.05) is 26.0 Å². The Morgan fingerprint density at radius 2 is 1.74 bits per heavy atom. The van der Waals surface area contributed by atoms with Gasteiger partial charge in [-0.2, -0.15) is 0 Å². The van der Waals surface area contributed by atoms with Crippen molar-refractivity contribution < 1.29 is 4.74 Å². The number of halogens is 1. The van der Waals surface area contributed by atoms with Gasteiger partial charge >= 0.3 is 0 Å². The van der Waals surface area contributed by atoms with Gasteiger partial charge in [0.1, 0.15) is 11.9 Å². The van der Waals surface area contributed by atoms with Crippen molar-refractivity contribution in [2.24, 2.45) is 0 Å². The molecule has 2 nitrogen and oxygen atoms in total. The van der Waals surface area contributed by atoms with Crippen LogP contribution in [0.3, 0.4) is 0 Å². The number of hydrogen-bond acceptors (Lipinski definition) is 2. The van der Waals surface area contributed by atoms with Crippen molar-refractivity contribution in [1.29, 1.82) is 0 Å². The van der Waals surface area contributed by atoms with Crippen LogP contribution in [0.5, 0.6) is 5.75 Å². The lowest BCUT2D eigenvalue weighted by molar-refractivity contribution is 0.179. The van der Waals surface area contributed by atoms with Crippen LogP contribution in [0.25, 0.3) is 0 Å². The summed E-state index contributed by atoms with van der Waals surface area (Å²) in [7, 11) is 0. The lowest BCUT2D eigenvalue weighted by Gasteiger charge is -2.26. The molecule has 1 rings (SSSR count). The summed E-state index contributed by atoms with van der Waals surface area (Å²) in [5.41, 5.74) is 2.30. The van der Waals surface area contributed by atoms with Crippen molar-refractivity contribution in [1.82, 2.24) is 5.32 Å². The van der Waals surface area contributed by atoms with Crippen molar-refractivity contribution in [3.63, 3.8) is 0 Å². The van der Waals surface area contributed by atoms with Crippen molar-refractivity contribution >= 4 is 11.6 Å². The number of nitrogens with one attached hydrogen (secondary N) is 1. The molecule has 0 aliphatic heterocycles. The number of hydrogen-bond donors (Lipinski definition) is 1. The lowest BCUT2D eigenvalue weighted by atomic mass is 10.1. The first-order valence-electron chi connectivity index (χ1n) is 6.91. The normalized spacial score (nSPS) is 13.4. The van der Waals surface area contributed by atoms with E-state index in [1.165, 1.54) is 0 Å². The van der Waals surface area contributed by atoms with E-state index >= 15 is 0 Å². The van der Waals surface area contributed by atoms with Gasteiger partial charge in [-0.1, -0.05) is 18.5 Å². The first kappa shape index (κ1) is 16.3. The van der Waals surface area contributed by atoms with Gasteiger partial charge in [-0.15, -0.1) is 0 Å². The van der Waals surface area contributed by atoms with Crippen molar-refractivity contribution in [2.75, 3.05) is 6.54 Å². The van der Waals surface area contributed by atoms with Gasteiger partial charge in [0.2, 0.25) is 0 Å². The first-order valence-corrected chi connectivity index (χ1v) is 7.29. The average Bonchev–Trinajstić information content (AvgIpc) is 2.25. The molecule has 108 valence electrons. The summed E-state index contributed by atoms with van der Waals surface area (Å²) in [6, 6.07) is 3.90. The van der Waals surface area contributed by atoms with Crippen LogP contribution in [0.2, 0.25) is 5.02 Å². The van der Waals surface area contributed by atoms with Crippen molar-refractivity contribution in [3.05, 3.63) is 28.3 Å². The van der Waals surface area contributed by atoms with Gasteiger partial charge in [0, 0.05) is 17.1 Å². The second-order valence-electron chi connectivity index (χ2n) is 6.15. The molecule has 0 fully saturated rings. The predicted molar refractivity (Wildman–Crippen MR) is 83.4 cm³/mol. The molecule has 0 aromatic heterocycles. The van der Waals surface area contributed by atoms with E-state index in [0.29, 0.717) is 0 Å². The molecular formula is C16H26ClNO. The standard InChI is InChI=1S/C16H26ClNO/c1-7-14(10-18-16(4,5)6)19-15-11(2)8-13(17)9-12(15)3/h8-9,14,18H,7,10H2,1-6H3. The van der Waals surface area contributed by atoms with E-state index < -0.39 is 0 Å². The molecule has 19 heavy (non-hydrogen) atoms. The molecule has 1 unspecified atom stereocenters. The third kappa shape index (κ3) is 5.42. The Bertz CT molecular complexity index is 400. The SMILES string of the molecule is CCC(CNC(C)(C)C)Oc1c(C)cc(Cl)cc1C. The molecule has 0 saturated heterocycles. The summed E-state index contributed by atoms with van der Waals surface area (Å²) in [5.74, 6) is 0.965. The molecule has 0 saturated carbocycles. The Morgan fingerprint density at radius 1 is 1.21 bits per heavy atom. The van der Waals surface area contributed by atoms with Crippen LogP contribution >= 0.6 is 11.6 Å². The molecule has 1 aromatic carbocycles. The predicted octanol–water partition coefficient (Wildman–Crippen LogP) is 4.50. The highest BCUT2D eigenvalue weighted by Gasteiger charge is 2.16. The minimum absolute atomic E-state index is 0.112. The van der Waals surface area contributed by atoms with Crippen LogP contribution < -0.4 is 10.1 Å². The highest BCUT2D eigenvalue weighted by atomic mass is 35.5. The monoisotopic (exact) mass is 283 g/mol. The molecule has 0 heterocycles. The molecule has 0 radical (unpaired) electrons. The molecule has 0 spiro atoms. The average molecular weight is 284 g/mol. The fraction of sp³-hybridized carbons (Fsp3) is 0.625. The van der Waals surface area contributed by atoms with E-state index in [4.69, 9.17) is 16.3 Å². The fourth-order valence-corrected chi connectivity index (χ4v) is 2.27. The van der Waals surface area contributed by atoms with Crippen LogP contribution in [0.4, 0.5) is 0 Å². The summed E-state index contributed by atoms with van der Waals surface area (Å²) in [6.45, 7) is 13.6. The van der Waals surface area contributed by atoms with Crippen molar-refractivity contribution in [2.45, 2.75) is 59.6 Å². The van der Waals surface area contributed by atoms with Gasteiger partial charge < -0.3 is 10.1 Å². The number of rotatable bonds is 5. The summed E-state index contributed by atoms with van der Waals surface area (Å²) in [6.07, 6.45) is 1.16. The zero-order valence-corrected chi connectivity index (χ0v) is 13.7. The molecule has 1 N–H and O–H groups in total. The third-order valence-corrected chi connectivity index (χ3v) is 3.24. The Balaban J connectivity index is 2.76. The first-order chi connectivity index (χ1) is 8.73. The van der Waals surface area contributed by atoms with Crippen LogP contribution in [0.1, 0.15) is 45.2 Å². The van der Waals surface area contributed by atoms with Crippen molar-refractivity contribution in [3.8, 4) is 5.75 Å². The Hall–Kier alpha value is -0.730. The topological polar surface area (TPSA) is 21.3 Å². The molecule has 0 bridgehead atoms. The highest BCUT2D eigenvalue weighted by molar-refractivity contribution is 6.30. The van der Waals surface area contributed by atoms with E-state index in [2.05, 4.69) is 33.0 Å². The fourth-order valence-electron chi connectivity index (χ4n) is 1.94. The van der Waals surface area contributed by atoms with Crippen LogP contribution in [0, 0.1) is 13.8 Å². The molecule has 3 heteroatoms. The molecule has 0 aliphatic rings. The van der Waals surface area contributed by atoms with E-state index in [0.717, 1.165) is 34.9 Å². The highest BCUT2D eigenvalue weighted by Crippen LogP contribution is 2.28. The van der Waals surface area contributed by atoms with E-state index in [1.54, 1.807) is 0 Å². The molecule has 1 aromatic rings. The molecule has 1 atom stereocenters. The largest absolute Gasteiger partial charge is 0.489 e. The maximum atomic E-state index is 6.15. The van der Waals surface area contributed by atoms with Gasteiger partial charge in [-0.05, 0) is 64.3 Å². The smallest absolute Gasteiger partial charge is 0.125 e. The molecule has 0 amide bonds.